The number of hydrogen-bond donors (Lipinski definition) is 1. The Hall–Kier alpha value is -2.35. The Morgan fingerprint density at radius 3 is 2.29 bits per heavy atom. The van der Waals surface area contributed by atoms with E-state index in [0.29, 0.717) is 29.4 Å². The summed E-state index contributed by atoms with van der Waals surface area (Å²) in [5.41, 5.74) is 1.95. The second kappa shape index (κ2) is 10.3. The molecule has 154 valence electrons. The highest BCUT2D eigenvalue weighted by Gasteiger charge is 2.32. The standard InChI is InChI=1S/C20H28N2O5S/c1-7-9-28-20-21-12(3)16(19(23)27-8-2)17(22-20)13-10-14(24-4)18(26-6)15(11-13)25-5/h10-11,17H,7-9H2,1-6H3,(H,21,22)/t17-/m0/s1. The number of ether oxygens (including phenoxy) is 4. The van der Waals surface area contributed by atoms with Crippen LogP contribution in [-0.4, -0.2) is 44.8 Å². The molecular formula is C20H28N2O5S. The average Bonchev–Trinajstić information content (AvgIpc) is 2.70. The molecule has 1 N–H and O–H groups in total. The predicted octanol–water partition coefficient (Wildman–Crippen LogP) is 3.69. The van der Waals surface area contributed by atoms with Crippen molar-refractivity contribution in [2.45, 2.75) is 33.2 Å². The Morgan fingerprint density at radius 2 is 1.79 bits per heavy atom. The van der Waals surface area contributed by atoms with Crippen LogP contribution in [0.3, 0.4) is 0 Å². The van der Waals surface area contributed by atoms with Crippen molar-refractivity contribution < 1.29 is 23.7 Å². The first-order valence-electron chi connectivity index (χ1n) is 9.15. The SMILES string of the molecule is CCCSC1=N[C@@H](c2cc(OC)c(OC)c(OC)c2)C(C(=O)OCC)=C(C)N1. The third-order valence-corrected chi connectivity index (χ3v) is 5.25. The van der Waals surface area contributed by atoms with Crippen molar-refractivity contribution >= 4 is 22.9 Å². The maximum absolute atomic E-state index is 12.7. The third kappa shape index (κ3) is 4.73. The van der Waals surface area contributed by atoms with Crippen LogP contribution in [0.5, 0.6) is 17.2 Å². The van der Waals surface area contributed by atoms with Crippen LogP contribution in [0, 0.1) is 0 Å². The smallest absolute Gasteiger partial charge is 0.338 e. The molecule has 1 aromatic carbocycles. The second-order valence-corrected chi connectivity index (χ2v) is 7.11. The zero-order chi connectivity index (χ0) is 20.7. The van der Waals surface area contributed by atoms with Crippen LogP contribution >= 0.6 is 11.8 Å². The van der Waals surface area contributed by atoms with E-state index in [0.717, 1.165) is 28.6 Å². The first kappa shape index (κ1) is 21.9. The van der Waals surface area contributed by atoms with Gasteiger partial charge in [0.05, 0.1) is 33.5 Å². The number of rotatable bonds is 8. The van der Waals surface area contributed by atoms with Crippen LogP contribution in [0.25, 0.3) is 0 Å². The number of carbonyl (C=O) groups is 1. The van der Waals surface area contributed by atoms with E-state index in [2.05, 4.69) is 12.2 Å². The van der Waals surface area contributed by atoms with Crippen molar-refractivity contribution in [3.05, 3.63) is 29.0 Å². The summed E-state index contributed by atoms with van der Waals surface area (Å²) in [6.07, 6.45) is 1.02. The molecule has 1 aliphatic rings. The van der Waals surface area contributed by atoms with E-state index >= 15 is 0 Å². The van der Waals surface area contributed by atoms with Gasteiger partial charge in [-0.25, -0.2) is 9.79 Å². The average molecular weight is 409 g/mol. The number of esters is 1. The minimum absolute atomic E-state index is 0.290. The van der Waals surface area contributed by atoms with Gasteiger partial charge in [0.15, 0.2) is 16.7 Å². The number of nitrogens with zero attached hydrogens (tertiary/aromatic N) is 1. The molecule has 0 bridgehead atoms. The minimum atomic E-state index is -0.534. The summed E-state index contributed by atoms with van der Waals surface area (Å²) in [4.78, 5) is 17.5. The molecule has 0 spiro atoms. The minimum Gasteiger partial charge on any atom is -0.493 e. The van der Waals surface area contributed by atoms with Crippen molar-refractivity contribution in [3.63, 3.8) is 0 Å². The molecule has 0 saturated heterocycles. The van der Waals surface area contributed by atoms with Gasteiger partial charge in [0.2, 0.25) is 5.75 Å². The molecule has 0 radical (unpaired) electrons. The molecule has 1 heterocycles. The van der Waals surface area contributed by atoms with Gasteiger partial charge >= 0.3 is 5.97 Å². The lowest BCUT2D eigenvalue weighted by atomic mass is 9.96. The maximum atomic E-state index is 12.7. The van der Waals surface area contributed by atoms with Crippen LogP contribution < -0.4 is 19.5 Å². The lowest BCUT2D eigenvalue weighted by Crippen LogP contribution is -2.30. The van der Waals surface area contributed by atoms with Crippen LogP contribution in [0.2, 0.25) is 0 Å². The number of benzene rings is 1. The normalized spacial score (nSPS) is 16.2. The van der Waals surface area contributed by atoms with E-state index in [1.165, 1.54) is 0 Å². The molecule has 0 amide bonds. The van der Waals surface area contributed by atoms with Gasteiger partial charge in [-0.3, -0.25) is 0 Å². The number of amidine groups is 1. The van der Waals surface area contributed by atoms with Crippen molar-refractivity contribution in [2.24, 2.45) is 4.99 Å². The van der Waals surface area contributed by atoms with Gasteiger partial charge < -0.3 is 24.3 Å². The molecule has 1 aliphatic heterocycles. The fraction of sp³-hybridized carbons (Fsp3) is 0.500. The zero-order valence-electron chi connectivity index (χ0n) is 17.3. The first-order chi connectivity index (χ1) is 13.5. The van der Waals surface area contributed by atoms with E-state index < -0.39 is 12.0 Å². The first-order valence-corrected chi connectivity index (χ1v) is 10.1. The molecule has 0 unspecified atom stereocenters. The molecule has 2 rings (SSSR count). The fourth-order valence-electron chi connectivity index (χ4n) is 2.89. The highest BCUT2D eigenvalue weighted by molar-refractivity contribution is 8.13. The van der Waals surface area contributed by atoms with Crippen molar-refractivity contribution in [1.82, 2.24) is 5.32 Å². The highest BCUT2D eigenvalue weighted by atomic mass is 32.2. The summed E-state index contributed by atoms with van der Waals surface area (Å²) in [7, 11) is 4.67. The monoisotopic (exact) mass is 408 g/mol. The predicted molar refractivity (Wildman–Crippen MR) is 111 cm³/mol. The molecule has 28 heavy (non-hydrogen) atoms. The summed E-state index contributed by atoms with van der Waals surface area (Å²) in [6, 6.07) is 3.10. The fourth-order valence-corrected chi connectivity index (χ4v) is 3.70. The summed E-state index contributed by atoms with van der Waals surface area (Å²) >= 11 is 1.62. The van der Waals surface area contributed by atoms with Crippen molar-refractivity contribution in [1.29, 1.82) is 0 Å². The zero-order valence-corrected chi connectivity index (χ0v) is 18.1. The quantitative estimate of drug-likeness (QED) is 0.657. The number of thioether (sulfide) groups is 1. The number of aliphatic imine (C=N–C) groups is 1. The maximum Gasteiger partial charge on any atom is 0.338 e. The largest absolute Gasteiger partial charge is 0.493 e. The molecular weight excluding hydrogens is 380 g/mol. The topological polar surface area (TPSA) is 78.4 Å². The van der Waals surface area contributed by atoms with E-state index in [4.69, 9.17) is 23.9 Å². The van der Waals surface area contributed by atoms with Crippen LogP contribution in [0.1, 0.15) is 38.8 Å². The number of allylic oxidation sites excluding steroid dienone is 1. The molecule has 1 atom stereocenters. The van der Waals surface area contributed by atoms with Gasteiger partial charge in [0.1, 0.15) is 6.04 Å². The molecule has 0 aliphatic carbocycles. The van der Waals surface area contributed by atoms with Crippen LogP contribution in [-0.2, 0) is 9.53 Å². The van der Waals surface area contributed by atoms with Gasteiger partial charge in [-0.05, 0) is 38.0 Å². The van der Waals surface area contributed by atoms with Gasteiger partial charge in [0, 0.05) is 11.4 Å². The van der Waals surface area contributed by atoms with Gasteiger partial charge in [-0.2, -0.15) is 0 Å². The number of carbonyl (C=O) groups excluding carboxylic acids is 1. The van der Waals surface area contributed by atoms with Crippen molar-refractivity contribution in [2.75, 3.05) is 33.7 Å². The number of nitrogens with one attached hydrogen (secondary N) is 1. The Balaban J connectivity index is 2.59. The van der Waals surface area contributed by atoms with Gasteiger partial charge in [-0.1, -0.05) is 18.7 Å². The third-order valence-electron chi connectivity index (χ3n) is 4.16. The van der Waals surface area contributed by atoms with E-state index in [1.54, 1.807) is 40.0 Å². The summed E-state index contributed by atoms with van der Waals surface area (Å²) in [6.45, 7) is 6.04. The van der Waals surface area contributed by atoms with E-state index in [9.17, 15) is 4.79 Å². The van der Waals surface area contributed by atoms with Gasteiger partial charge in [0.25, 0.3) is 0 Å². The lowest BCUT2D eigenvalue weighted by Gasteiger charge is -2.26. The summed E-state index contributed by atoms with van der Waals surface area (Å²) < 4.78 is 21.6. The summed E-state index contributed by atoms with van der Waals surface area (Å²) in [5, 5.41) is 3.99. The second-order valence-electron chi connectivity index (χ2n) is 6.03. The van der Waals surface area contributed by atoms with Crippen LogP contribution in [0.4, 0.5) is 0 Å². The Morgan fingerprint density at radius 1 is 1.14 bits per heavy atom. The van der Waals surface area contributed by atoms with Gasteiger partial charge in [-0.15, -0.1) is 0 Å². The summed E-state index contributed by atoms with van der Waals surface area (Å²) in [5.74, 6) is 2.04. The lowest BCUT2D eigenvalue weighted by molar-refractivity contribution is -0.138. The number of methoxy groups -OCH3 is 3. The molecule has 1 aromatic rings. The molecule has 0 fully saturated rings. The van der Waals surface area contributed by atoms with Crippen molar-refractivity contribution in [3.8, 4) is 17.2 Å². The molecule has 0 aromatic heterocycles. The molecule has 7 nitrogen and oxygen atoms in total. The Bertz CT molecular complexity index is 751. The van der Waals surface area contributed by atoms with E-state index in [-0.39, 0.29) is 0 Å². The Kier molecular flexibility index (Phi) is 8.04. The molecule has 0 saturated carbocycles. The highest BCUT2D eigenvalue weighted by Crippen LogP contribution is 2.43. The van der Waals surface area contributed by atoms with E-state index in [1.807, 2.05) is 19.1 Å². The van der Waals surface area contributed by atoms with Crippen LogP contribution in [0.15, 0.2) is 28.4 Å². The Labute approximate surface area is 170 Å². The molecule has 8 heteroatoms. The number of hydrogen-bond acceptors (Lipinski definition) is 8.